The Morgan fingerprint density at radius 2 is 1.45 bits per heavy atom. The topological polar surface area (TPSA) is 58.2 Å². The van der Waals surface area contributed by atoms with E-state index in [1.807, 2.05) is 79.7 Å². The van der Waals surface area contributed by atoms with Gasteiger partial charge in [-0.3, -0.25) is 0 Å². The molecular weight excluding hydrogens is 404 g/mol. The molecule has 0 bridgehead atoms. The third-order valence-corrected chi connectivity index (χ3v) is 6.22. The zero-order valence-electron chi connectivity index (χ0n) is 17.0. The molecule has 154 valence electrons. The van der Waals surface area contributed by atoms with Gasteiger partial charge in [0.25, 0.3) is 10.0 Å². The van der Waals surface area contributed by atoms with Gasteiger partial charge in [0, 0.05) is 5.56 Å². The van der Waals surface area contributed by atoms with Crippen LogP contribution in [-0.2, 0) is 10.0 Å². The molecule has 5 heteroatoms. The van der Waals surface area contributed by atoms with Crippen LogP contribution in [0.15, 0.2) is 102 Å². The lowest BCUT2D eigenvalue weighted by atomic mass is 9.99. The summed E-state index contributed by atoms with van der Waals surface area (Å²) in [6.45, 7) is 1.91. The van der Waals surface area contributed by atoms with E-state index in [9.17, 15) is 8.42 Å². The summed E-state index contributed by atoms with van der Waals surface area (Å²) >= 11 is 0. The van der Waals surface area contributed by atoms with E-state index in [0.29, 0.717) is 0 Å². The summed E-state index contributed by atoms with van der Waals surface area (Å²) in [5.41, 5.74) is 5.69. The minimum atomic E-state index is -3.75. The van der Waals surface area contributed by atoms with Crippen LogP contribution in [0.2, 0.25) is 0 Å². The van der Waals surface area contributed by atoms with Gasteiger partial charge in [0.2, 0.25) is 0 Å². The molecule has 2 N–H and O–H groups in total. The van der Waals surface area contributed by atoms with Crippen molar-refractivity contribution >= 4 is 20.8 Å². The number of fused-ring (bicyclic) bond motifs is 1. The van der Waals surface area contributed by atoms with Crippen molar-refractivity contribution in [2.24, 2.45) is 0 Å². The average Bonchev–Trinajstić information content (AvgIpc) is 2.80. The monoisotopic (exact) mass is 426 g/mol. The quantitative estimate of drug-likeness (QED) is 0.358. The molecule has 0 saturated heterocycles. The van der Waals surface area contributed by atoms with Crippen LogP contribution in [0.25, 0.3) is 10.8 Å². The van der Waals surface area contributed by atoms with Crippen LogP contribution in [0.3, 0.4) is 0 Å². The molecule has 31 heavy (non-hydrogen) atoms. The van der Waals surface area contributed by atoms with Crippen molar-refractivity contribution in [1.29, 1.82) is 0 Å². The molecule has 1 unspecified atom stereocenters. The second-order valence-corrected chi connectivity index (χ2v) is 8.88. The van der Waals surface area contributed by atoms with Crippen molar-refractivity contribution in [3.05, 3.63) is 114 Å². The lowest BCUT2D eigenvalue weighted by molar-refractivity contribution is 0.541. The van der Waals surface area contributed by atoms with Crippen LogP contribution < -0.4 is 10.3 Å². The van der Waals surface area contributed by atoms with Gasteiger partial charge in [-0.15, -0.1) is 4.83 Å². The fourth-order valence-corrected chi connectivity index (χ4v) is 4.17. The Balaban J connectivity index is 1.69. The number of sulfonamides is 1. The van der Waals surface area contributed by atoms with Crippen molar-refractivity contribution in [3.8, 4) is 11.8 Å². The predicted molar refractivity (Wildman–Crippen MR) is 125 cm³/mol. The third-order valence-electron chi connectivity index (χ3n) is 4.94. The van der Waals surface area contributed by atoms with Gasteiger partial charge >= 0.3 is 0 Å². The number of hydrogen-bond donors (Lipinski definition) is 2. The van der Waals surface area contributed by atoms with E-state index in [0.717, 1.165) is 27.5 Å². The van der Waals surface area contributed by atoms with E-state index < -0.39 is 16.1 Å². The van der Waals surface area contributed by atoms with E-state index in [4.69, 9.17) is 0 Å². The fourth-order valence-electron chi connectivity index (χ4n) is 3.28. The Hall–Kier alpha value is -3.43. The summed E-state index contributed by atoms with van der Waals surface area (Å²) in [4.78, 5) is 2.71. The summed E-state index contributed by atoms with van der Waals surface area (Å²) in [7, 11) is -3.75. The smallest absolute Gasteiger partial charge is 0.224 e. The molecule has 0 radical (unpaired) electrons. The maximum absolute atomic E-state index is 12.8. The highest BCUT2D eigenvalue weighted by molar-refractivity contribution is 7.89. The molecule has 0 aliphatic carbocycles. The second kappa shape index (κ2) is 9.15. The van der Waals surface area contributed by atoms with Gasteiger partial charge in [0.1, 0.15) is 6.04 Å². The fraction of sp³-hybridized carbons (Fsp3) is 0.0769. The van der Waals surface area contributed by atoms with Crippen molar-refractivity contribution in [2.45, 2.75) is 17.9 Å². The molecule has 4 aromatic rings. The minimum Gasteiger partial charge on any atom is -0.224 e. The molecule has 0 heterocycles. The molecule has 0 aromatic heterocycles. The van der Waals surface area contributed by atoms with Crippen LogP contribution in [0.4, 0.5) is 0 Å². The number of nitrogens with one attached hydrogen (secondary N) is 2. The summed E-state index contributed by atoms with van der Waals surface area (Å²) in [5.74, 6) is 6.33. The Kier molecular flexibility index (Phi) is 6.15. The van der Waals surface area contributed by atoms with Gasteiger partial charge in [-0.2, -0.15) is 0 Å². The lowest BCUT2D eigenvalue weighted by Gasteiger charge is -2.17. The Morgan fingerprint density at radius 3 is 2.23 bits per heavy atom. The predicted octanol–water partition coefficient (Wildman–Crippen LogP) is 4.72. The third kappa shape index (κ3) is 5.01. The number of hydrogen-bond acceptors (Lipinski definition) is 3. The molecule has 1 atom stereocenters. The zero-order chi connectivity index (χ0) is 21.7. The van der Waals surface area contributed by atoms with Gasteiger partial charge in [0.15, 0.2) is 0 Å². The average molecular weight is 427 g/mol. The highest BCUT2D eigenvalue weighted by atomic mass is 32.2. The van der Waals surface area contributed by atoms with Gasteiger partial charge < -0.3 is 0 Å². The Bertz CT molecular complexity index is 1350. The molecule has 4 rings (SSSR count). The van der Waals surface area contributed by atoms with Crippen LogP contribution in [0.1, 0.15) is 22.7 Å². The van der Waals surface area contributed by atoms with E-state index in [2.05, 4.69) is 22.1 Å². The summed E-state index contributed by atoms with van der Waals surface area (Å²) in [5, 5.41) is 2.08. The Morgan fingerprint density at radius 1 is 0.774 bits per heavy atom. The highest BCUT2D eigenvalue weighted by Gasteiger charge is 2.18. The van der Waals surface area contributed by atoms with Crippen LogP contribution in [0, 0.1) is 18.8 Å². The molecule has 4 nitrogen and oxygen atoms in total. The van der Waals surface area contributed by atoms with Crippen LogP contribution >= 0.6 is 0 Å². The molecular formula is C26H22N2O2S. The standard InChI is InChI=1S/C26H22N2O2S/c1-20-14-17-23(18-15-20)31(29,30)28-27-26(19-16-21-8-3-2-4-9-21)25-13-7-11-22-10-5-6-12-24(22)25/h2-15,17-18,26-28H,1H3. The van der Waals surface area contributed by atoms with Gasteiger partial charge in [0.05, 0.1) is 4.90 Å². The van der Waals surface area contributed by atoms with E-state index in [-0.39, 0.29) is 4.90 Å². The molecule has 0 aliphatic rings. The minimum absolute atomic E-state index is 0.193. The summed E-state index contributed by atoms with van der Waals surface area (Å²) < 4.78 is 25.6. The first kappa shape index (κ1) is 20.8. The van der Waals surface area contributed by atoms with Crippen molar-refractivity contribution in [1.82, 2.24) is 10.3 Å². The van der Waals surface area contributed by atoms with Crippen molar-refractivity contribution in [2.75, 3.05) is 0 Å². The van der Waals surface area contributed by atoms with Gasteiger partial charge in [-0.1, -0.05) is 90.2 Å². The van der Waals surface area contributed by atoms with E-state index >= 15 is 0 Å². The maximum atomic E-state index is 12.8. The zero-order valence-corrected chi connectivity index (χ0v) is 17.9. The largest absolute Gasteiger partial charge is 0.253 e. The molecule has 4 aromatic carbocycles. The number of rotatable bonds is 5. The molecule has 0 fully saturated rings. The van der Waals surface area contributed by atoms with Crippen molar-refractivity contribution < 1.29 is 8.42 Å². The van der Waals surface area contributed by atoms with E-state index in [1.54, 1.807) is 24.3 Å². The Labute approximate surface area is 183 Å². The second-order valence-electron chi connectivity index (χ2n) is 7.20. The van der Waals surface area contributed by atoms with Gasteiger partial charge in [-0.25, -0.2) is 13.8 Å². The number of hydrazine groups is 1. The van der Waals surface area contributed by atoms with Crippen LogP contribution in [-0.4, -0.2) is 8.42 Å². The summed E-state index contributed by atoms with van der Waals surface area (Å²) in [6, 6.07) is 29.7. The molecule has 0 saturated carbocycles. The first-order valence-corrected chi connectivity index (χ1v) is 11.4. The first-order valence-electron chi connectivity index (χ1n) is 9.91. The number of benzene rings is 4. The molecule has 0 amide bonds. The van der Waals surface area contributed by atoms with Gasteiger partial charge in [-0.05, 0) is 47.5 Å². The maximum Gasteiger partial charge on any atom is 0.253 e. The van der Waals surface area contributed by atoms with Crippen molar-refractivity contribution in [3.63, 3.8) is 0 Å². The van der Waals surface area contributed by atoms with E-state index in [1.165, 1.54) is 0 Å². The SMILES string of the molecule is Cc1ccc(S(=O)(=O)NNC(C#Cc2ccccc2)c2cccc3ccccc23)cc1. The molecule has 0 spiro atoms. The summed E-state index contributed by atoms with van der Waals surface area (Å²) in [6.07, 6.45) is 0. The molecule has 0 aliphatic heterocycles. The van der Waals surface area contributed by atoms with Crippen LogP contribution in [0.5, 0.6) is 0 Å². The number of aryl methyl sites for hydroxylation is 1. The first-order chi connectivity index (χ1) is 15.0. The normalized spacial score (nSPS) is 12.2. The lowest BCUT2D eigenvalue weighted by Crippen LogP contribution is -2.39. The highest BCUT2D eigenvalue weighted by Crippen LogP contribution is 2.24.